The molecule has 1 aliphatic rings. The largest absolute Gasteiger partial charge is 0.494 e. The van der Waals surface area contributed by atoms with E-state index in [4.69, 9.17) is 4.74 Å². The number of nitrogens with zero attached hydrogens (tertiary/aromatic N) is 2. The number of halogens is 1. The lowest BCUT2D eigenvalue weighted by atomic mass is 10.1. The molecule has 1 aromatic heterocycles. The maximum atomic E-state index is 13.5. The Labute approximate surface area is 144 Å². The van der Waals surface area contributed by atoms with Gasteiger partial charge in [0, 0.05) is 32.3 Å². The van der Waals surface area contributed by atoms with Crippen molar-refractivity contribution >= 4 is 9.84 Å². The molecule has 2 heterocycles. The van der Waals surface area contributed by atoms with Gasteiger partial charge in [0.2, 0.25) is 15.0 Å². The third-order valence-corrected chi connectivity index (χ3v) is 4.99. The molecule has 0 amide bonds. The van der Waals surface area contributed by atoms with Crippen molar-refractivity contribution in [3.63, 3.8) is 0 Å². The van der Waals surface area contributed by atoms with Gasteiger partial charge in [0.1, 0.15) is 0 Å². The lowest BCUT2D eigenvalue weighted by Gasteiger charge is -2.27. The summed E-state index contributed by atoms with van der Waals surface area (Å²) in [6.45, 7) is 1.48. The molecule has 0 aliphatic carbocycles. The number of H-pyrrole nitrogens is 1. The minimum atomic E-state index is -3.56. The lowest BCUT2D eigenvalue weighted by Crippen LogP contribution is -2.36. The number of aromatic amines is 1. The van der Waals surface area contributed by atoms with Crippen molar-refractivity contribution in [1.29, 1.82) is 0 Å². The molecule has 0 fully saturated rings. The highest BCUT2D eigenvalue weighted by Crippen LogP contribution is 2.22. The van der Waals surface area contributed by atoms with Gasteiger partial charge >= 0.3 is 0 Å². The summed E-state index contributed by atoms with van der Waals surface area (Å²) in [4.78, 5) is 20.7. The van der Waals surface area contributed by atoms with E-state index in [0.717, 1.165) is 11.8 Å². The number of hydrogen-bond acceptors (Lipinski definition) is 6. The van der Waals surface area contributed by atoms with Crippen LogP contribution in [-0.2, 0) is 29.3 Å². The van der Waals surface area contributed by atoms with Crippen LogP contribution in [0.3, 0.4) is 0 Å². The lowest BCUT2D eigenvalue weighted by molar-refractivity contribution is 0.240. The van der Waals surface area contributed by atoms with E-state index in [2.05, 4.69) is 9.97 Å². The molecule has 0 spiro atoms. The molecule has 0 bridgehead atoms. The first-order valence-electron chi connectivity index (χ1n) is 7.65. The molecule has 0 unspecified atom stereocenters. The van der Waals surface area contributed by atoms with Crippen LogP contribution < -0.4 is 10.3 Å². The minimum absolute atomic E-state index is 0.173. The zero-order valence-corrected chi connectivity index (χ0v) is 14.7. The van der Waals surface area contributed by atoms with Gasteiger partial charge in [-0.2, -0.15) is 0 Å². The summed E-state index contributed by atoms with van der Waals surface area (Å²) in [5.41, 5.74) is 1.40. The number of sulfone groups is 1. The first-order chi connectivity index (χ1) is 11.8. The van der Waals surface area contributed by atoms with Gasteiger partial charge in [-0.25, -0.2) is 17.8 Å². The zero-order chi connectivity index (χ0) is 18.2. The number of nitrogens with one attached hydrogen (secondary N) is 1. The van der Waals surface area contributed by atoms with Gasteiger partial charge in [0.25, 0.3) is 5.56 Å². The number of fused-ring (bicyclic) bond motifs is 1. The number of rotatable bonds is 4. The molecule has 1 N–H and O–H groups in total. The summed E-state index contributed by atoms with van der Waals surface area (Å²) in [5, 5.41) is -0.298. The van der Waals surface area contributed by atoms with E-state index in [1.165, 1.54) is 13.2 Å². The van der Waals surface area contributed by atoms with Gasteiger partial charge in [-0.05, 0) is 17.7 Å². The smallest absolute Gasteiger partial charge is 0.256 e. The van der Waals surface area contributed by atoms with Gasteiger partial charge in [-0.1, -0.05) is 6.07 Å². The molecule has 1 aromatic carbocycles. The fourth-order valence-electron chi connectivity index (χ4n) is 2.83. The van der Waals surface area contributed by atoms with Crippen LogP contribution in [0.1, 0.15) is 16.8 Å². The summed E-state index contributed by atoms with van der Waals surface area (Å²) in [6, 6.07) is 4.64. The first-order valence-corrected chi connectivity index (χ1v) is 9.54. The number of hydrogen-bond donors (Lipinski definition) is 1. The zero-order valence-electron chi connectivity index (χ0n) is 13.9. The van der Waals surface area contributed by atoms with Crippen LogP contribution in [0.25, 0.3) is 0 Å². The average Bonchev–Trinajstić information content (AvgIpc) is 2.56. The van der Waals surface area contributed by atoms with Crippen LogP contribution in [0.15, 0.2) is 28.2 Å². The van der Waals surface area contributed by atoms with Crippen LogP contribution in [0.2, 0.25) is 0 Å². The van der Waals surface area contributed by atoms with Gasteiger partial charge in [0.15, 0.2) is 11.6 Å². The molecular weight excluding hydrogens is 349 g/mol. The van der Waals surface area contributed by atoms with Crippen molar-refractivity contribution in [2.75, 3.05) is 19.9 Å². The molecule has 9 heteroatoms. The third-order valence-electron chi connectivity index (χ3n) is 4.10. The fraction of sp³-hybridized carbons (Fsp3) is 0.375. The Morgan fingerprint density at radius 1 is 1.40 bits per heavy atom. The SMILES string of the molecule is COc1cc(CN2CCc3nc(S(C)(=O)=O)[nH]c(=O)c3C2)ccc1F. The van der Waals surface area contributed by atoms with Crippen LogP contribution >= 0.6 is 0 Å². The van der Waals surface area contributed by atoms with E-state index in [1.807, 2.05) is 4.90 Å². The molecule has 0 radical (unpaired) electrons. The van der Waals surface area contributed by atoms with E-state index in [0.29, 0.717) is 37.3 Å². The minimum Gasteiger partial charge on any atom is -0.494 e. The van der Waals surface area contributed by atoms with E-state index in [9.17, 15) is 17.6 Å². The van der Waals surface area contributed by atoms with Crippen LogP contribution in [0, 0.1) is 5.82 Å². The van der Waals surface area contributed by atoms with Crippen LogP contribution in [0.5, 0.6) is 5.75 Å². The Hall–Kier alpha value is -2.26. The van der Waals surface area contributed by atoms with E-state index < -0.39 is 21.2 Å². The van der Waals surface area contributed by atoms with Crippen molar-refractivity contribution < 1.29 is 17.5 Å². The summed E-state index contributed by atoms with van der Waals surface area (Å²) >= 11 is 0. The Morgan fingerprint density at radius 3 is 2.84 bits per heavy atom. The topological polar surface area (TPSA) is 92.4 Å². The van der Waals surface area contributed by atoms with Crippen LogP contribution in [-0.4, -0.2) is 43.2 Å². The van der Waals surface area contributed by atoms with Gasteiger partial charge in [0.05, 0.1) is 18.4 Å². The molecule has 3 rings (SSSR count). The molecular formula is C16H18FN3O4S. The first kappa shape index (κ1) is 17.6. The van der Waals surface area contributed by atoms with Crippen molar-refractivity contribution in [1.82, 2.24) is 14.9 Å². The fourth-order valence-corrected chi connectivity index (χ4v) is 3.38. The second-order valence-corrected chi connectivity index (χ2v) is 7.93. The highest BCUT2D eigenvalue weighted by molar-refractivity contribution is 7.90. The summed E-state index contributed by atoms with van der Waals surface area (Å²) in [6.07, 6.45) is 1.48. The Kier molecular flexibility index (Phi) is 4.61. The molecule has 25 heavy (non-hydrogen) atoms. The van der Waals surface area contributed by atoms with Gasteiger partial charge in [-0.3, -0.25) is 14.7 Å². The van der Waals surface area contributed by atoms with E-state index in [-0.39, 0.29) is 10.9 Å². The molecule has 0 atom stereocenters. The van der Waals surface area contributed by atoms with Gasteiger partial charge < -0.3 is 4.74 Å². The maximum absolute atomic E-state index is 13.5. The molecule has 0 saturated heterocycles. The summed E-state index contributed by atoms with van der Waals surface area (Å²) in [5.74, 6) is -0.253. The number of aromatic nitrogens is 2. The van der Waals surface area contributed by atoms with Crippen LogP contribution in [0.4, 0.5) is 4.39 Å². The normalized spacial score (nSPS) is 15.0. The highest BCUT2D eigenvalue weighted by Gasteiger charge is 2.23. The average molecular weight is 367 g/mol. The highest BCUT2D eigenvalue weighted by atomic mass is 32.2. The summed E-state index contributed by atoms with van der Waals surface area (Å²) in [7, 11) is -2.16. The Balaban J connectivity index is 1.83. The molecule has 7 nitrogen and oxygen atoms in total. The van der Waals surface area contributed by atoms with E-state index in [1.54, 1.807) is 12.1 Å². The maximum Gasteiger partial charge on any atom is 0.256 e. The van der Waals surface area contributed by atoms with Crippen molar-refractivity contribution in [2.24, 2.45) is 0 Å². The Bertz CT molecular complexity index is 972. The van der Waals surface area contributed by atoms with Crippen molar-refractivity contribution in [3.05, 3.63) is 51.2 Å². The second kappa shape index (κ2) is 6.57. The second-order valence-electron chi connectivity index (χ2n) is 6.00. The molecule has 134 valence electrons. The predicted octanol–water partition coefficient (Wildman–Crippen LogP) is 0.879. The third kappa shape index (κ3) is 3.72. The van der Waals surface area contributed by atoms with E-state index >= 15 is 0 Å². The number of ether oxygens (including phenoxy) is 1. The molecule has 2 aromatic rings. The number of benzene rings is 1. The van der Waals surface area contributed by atoms with Crippen molar-refractivity contribution in [3.8, 4) is 5.75 Å². The molecule has 0 saturated carbocycles. The van der Waals surface area contributed by atoms with Crippen molar-refractivity contribution in [2.45, 2.75) is 24.7 Å². The predicted molar refractivity (Wildman–Crippen MR) is 88.7 cm³/mol. The number of methoxy groups -OCH3 is 1. The monoisotopic (exact) mass is 367 g/mol. The molecule has 1 aliphatic heterocycles. The van der Waals surface area contributed by atoms with Gasteiger partial charge in [-0.15, -0.1) is 0 Å². The summed E-state index contributed by atoms with van der Waals surface area (Å²) < 4.78 is 41.6. The standard InChI is InChI=1S/C16H18FN3O4S/c1-24-14-7-10(3-4-12(14)17)8-20-6-5-13-11(9-20)15(21)19-16(18-13)25(2,22)23/h3-4,7H,5-6,8-9H2,1-2H3,(H,18,19,21). The quantitative estimate of drug-likeness (QED) is 0.807. The Morgan fingerprint density at radius 2 is 2.16 bits per heavy atom.